The summed E-state index contributed by atoms with van der Waals surface area (Å²) >= 11 is 7.53. The monoisotopic (exact) mass is 349 g/mol. The molecule has 0 heterocycles. The first-order valence-corrected chi connectivity index (χ1v) is 8.85. The minimum absolute atomic E-state index is 0.0319. The molecular weight excluding hydrogens is 330 g/mol. The molecule has 0 bridgehead atoms. The lowest BCUT2D eigenvalue weighted by Crippen LogP contribution is -2.26. The van der Waals surface area contributed by atoms with Gasteiger partial charge in [0, 0.05) is 22.2 Å². The van der Waals surface area contributed by atoms with Crippen LogP contribution in [0.15, 0.2) is 53.4 Å². The zero-order valence-electron chi connectivity index (χ0n) is 13.2. The largest absolute Gasteiger partial charge is 0.490 e. The third-order valence-corrected chi connectivity index (χ3v) is 4.23. The zero-order valence-corrected chi connectivity index (χ0v) is 14.8. The summed E-state index contributed by atoms with van der Waals surface area (Å²) in [5.41, 5.74) is 0.567. The molecule has 2 aromatic rings. The van der Waals surface area contributed by atoms with Gasteiger partial charge < -0.3 is 10.1 Å². The number of hydrogen-bond acceptors (Lipinski definition) is 3. The van der Waals surface area contributed by atoms with Gasteiger partial charge in [0.2, 0.25) is 0 Å². The molecule has 0 aromatic heterocycles. The Balaban J connectivity index is 1.84. The summed E-state index contributed by atoms with van der Waals surface area (Å²) in [6.07, 6.45) is 0.0319. The van der Waals surface area contributed by atoms with Crippen LogP contribution < -0.4 is 10.1 Å². The van der Waals surface area contributed by atoms with Crippen LogP contribution in [-0.4, -0.2) is 24.3 Å². The van der Waals surface area contributed by atoms with Gasteiger partial charge >= 0.3 is 0 Å². The van der Waals surface area contributed by atoms with Gasteiger partial charge in [-0.05, 0) is 50.2 Å². The van der Waals surface area contributed by atoms with E-state index in [4.69, 9.17) is 16.3 Å². The Labute approximate surface area is 146 Å². The molecule has 0 saturated heterocycles. The summed E-state index contributed by atoms with van der Waals surface area (Å²) in [5, 5.41) is 3.65. The van der Waals surface area contributed by atoms with E-state index in [1.54, 1.807) is 17.8 Å². The van der Waals surface area contributed by atoms with Crippen molar-refractivity contribution in [2.45, 2.75) is 24.8 Å². The fraction of sp³-hybridized carbons (Fsp3) is 0.278. The average Bonchev–Trinajstić information content (AvgIpc) is 2.53. The molecule has 122 valence electrons. The number of amides is 1. The van der Waals surface area contributed by atoms with Crippen LogP contribution in [0.5, 0.6) is 5.75 Å². The molecule has 1 amide bonds. The predicted octanol–water partition coefficient (Wildman–Crippen LogP) is 4.65. The molecule has 0 unspecified atom stereocenters. The van der Waals surface area contributed by atoms with Crippen LogP contribution in [0.4, 0.5) is 0 Å². The molecule has 0 aliphatic carbocycles. The molecule has 0 radical (unpaired) electrons. The van der Waals surface area contributed by atoms with Gasteiger partial charge in [0.15, 0.2) is 0 Å². The normalized spacial score (nSPS) is 10.6. The van der Waals surface area contributed by atoms with Crippen molar-refractivity contribution in [3.63, 3.8) is 0 Å². The Kier molecular flexibility index (Phi) is 6.81. The summed E-state index contributed by atoms with van der Waals surface area (Å²) in [6, 6.07) is 15.0. The Morgan fingerprint density at radius 2 is 1.87 bits per heavy atom. The molecule has 2 aromatic carbocycles. The SMILES string of the molecule is CC(C)Oc1ccccc1C(=O)NCCSc1ccc(Cl)cc1. The summed E-state index contributed by atoms with van der Waals surface area (Å²) in [6.45, 7) is 4.47. The van der Waals surface area contributed by atoms with Crippen molar-refractivity contribution >= 4 is 29.3 Å². The summed E-state index contributed by atoms with van der Waals surface area (Å²) in [7, 11) is 0. The minimum Gasteiger partial charge on any atom is -0.490 e. The molecule has 3 nitrogen and oxygen atoms in total. The molecule has 23 heavy (non-hydrogen) atoms. The lowest BCUT2D eigenvalue weighted by molar-refractivity contribution is 0.0950. The van der Waals surface area contributed by atoms with Gasteiger partial charge in [-0.25, -0.2) is 0 Å². The third-order valence-electron chi connectivity index (χ3n) is 2.96. The molecule has 0 aliphatic heterocycles. The zero-order chi connectivity index (χ0) is 16.7. The van der Waals surface area contributed by atoms with E-state index < -0.39 is 0 Å². The number of thioether (sulfide) groups is 1. The van der Waals surface area contributed by atoms with Crippen LogP contribution in [0.25, 0.3) is 0 Å². The lowest BCUT2D eigenvalue weighted by atomic mass is 10.2. The van der Waals surface area contributed by atoms with E-state index in [0.29, 0.717) is 17.9 Å². The Morgan fingerprint density at radius 3 is 2.57 bits per heavy atom. The molecule has 0 aliphatic rings. The van der Waals surface area contributed by atoms with E-state index in [1.165, 1.54) is 0 Å². The highest BCUT2D eigenvalue weighted by Crippen LogP contribution is 2.21. The second kappa shape index (κ2) is 8.85. The third kappa shape index (κ3) is 5.81. The number of carbonyl (C=O) groups excluding carboxylic acids is 1. The number of benzene rings is 2. The van der Waals surface area contributed by atoms with Gasteiger partial charge in [-0.15, -0.1) is 11.8 Å². The number of rotatable bonds is 7. The summed E-state index contributed by atoms with van der Waals surface area (Å²) in [5.74, 6) is 1.30. The highest BCUT2D eigenvalue weighted by Gasteiger charge is 2.12. The number of nitrogens with one attached hydrogen (secondary N) is 1. The molecule has 5 heteroatoms. The van der Waals surface area contributed by atoms with Crippen LogP contribution in [-0.2, 0) is 0 Å². The molecule has 0 fully saturated rings. The average molecular weight is 350 g/mol. The number of ether oxygens (including phenoxy) is 1. The topological polar surface area (TPSA) is 38.3 Å². The van der Waals surface area contributed by atoms with E-state index in [-0.39, 0.29) is 12.0 Å². The summed E-state index contributed by atoms with van der Waals surface area (Å²) in [4.78, 5) is 13.4. The molecule has 0 atom stereocenters. The van der Waals surface area contributed by atoms with Crippen molar-refractivity contribution < 1.29 is 9.53 Å². The molecule has 0 spiro atoms. The van der Waals surface area contributed by atoms with E-state index in [0.717, 1.165) is 15.7 Å². The van der Waals surface area contributed by atoms with Crippen LogP contribution >= 0.6 is 23.4 Å². The maximum Gasteiger partial charge on any atom is 0.255 e. The molecular formula is C18H20ClNO2S. The van der Waals surface area contributed by atoms with E-state index in [2.05, 4.69) is 5.32 Å². The van der Waals surface area contributed by atoms with Gasteiger partial charge in [0.1, 0.15) is 5.75 Å². The van der Waals surface area contributed by atoms with Crippen molar-refractivity contribution in [2.24, 2.45) is 0 Å². The van der Waals surface area contributed by atoms with Crippen LogP contribution in [0.1, 0.15) is 24.2 Å². The first-order valence-electron chi connectivity index (χ1n) is 7.48. The smallest absolute Gasteiger partial charge is 0.255 e. The van der Waals surface area contributed by atoms with Gasteiger partial charge in [-0.2, -0.15) is 0 Å². The molecule has 0 saturated carbocycles. The number of para-hydroxylation sites is 1. The first kappa shape index (κ1) is 17.7. The van der Waals surface area contributed by atoms with Gasteiger partial charge in [0.25, 0.3) is 5.91 Å². The standard InChI is InChI=1S/C18H20ClNO2S/c1-13(2)22-17-6-4-3-5-16(17)18(21)20-11-12-23-15-9-7-14(19)8-10-15/h3-10,13H,11-12H2,1-2H3,(H,20,21). The van der Waals surface area contributed by atoms with E-state index in [9.17, 15) is 4.79 Å². The maximum absolute atomic E-state index is 12.3. The Morgan fingerprint density at radius 1 is 1.17 bits per heavy atom. The minimum atomic E-state index is -0.113. The molecule has 2 rings (SSSR count). The van der Waals surface area contributed by atoms with E-state index >= 15 is 0 Å². The lowest BCUT2D eigenvalue weighted by Gasteiger charge is -2.14. The van der Waals surface area contributed by atoms with Gasteiger partial charge in [-0.3, -0.25) is 4.79 Å². The fourth-order valence-electron chi connectivity index (χ4n) is 1.97. The number of carbonyl (C=O) groups is 1. The quantitative estimate of drug-likeness (QED) is 0.584. The van der Waals surface area contributed by atoms with Gasteiger partial charge in [-0.1, -0.05) is 23.7 Å². The second-order valence-corrected chi connectivity index (χ2v) is 6.83. The predicted molar refractivity (Wildman–Crippen MR) is 96.7 cm³/mol. The highest BCUT2D eigenvalue weighted by molar-refractivity contribution is 7.99. The van der Waals surface area contributed by atoms with Crippen molar-refractivity contribution in [3.05, 3.63) is 59.1 Å². The van der Waals surface area contributed by atoms with E-state index in [1.807, 2.05) is 56.3 Å². The van der Waals surface area contributed by atoms with Crippen LogP contribution in [0.3, 0.4) is 0 Å². The second-order valence-electron chi connectivity index (χ2n) is 5.22. The van der Waals surface area contributed by atoms with Crippen molar-refractivity contribution in [2.75, 3.05) is 12.3 Å². The number of hydrogen-bond donors (Lipinski definition) is 1. The van der Waals surface area contributed by atoms with Crippen LogP contribution in [0.2, 0.25) is 5.02 Å². The Hall–Kier alpha value is -1.65. The fourth-order valence-corrected chi connectivity index (χ4v) is 2.86. The summed E-state index contributed by atoms with van der Waals surface area (Å²) < 4.78 is 5.67. The van der Waals surface area contributed by atoms with Crippen molar-refractivity contribution in [1.29, 1.82) is 0 Å². The first-order chi connectivity index (χ1) is 11.1. The molecule has 1 N–H and O–H groups in total. The van der Waals surface area contributed by atoms with Crippen molar-refractivity contribution in [3.8, 4) is 5.75 Å². The van der Waals surface area contributed by atoms with Crippen molar-refractivity contribution in [1.82, 2.24) is 5.32 Å². The Bertz CT molecular complexity index is 644. The number of halogens is 1. The van der Waals surface area contributed by atoms with Gasteiger partial charge in [0.05, 0.1) is 11.7 Å². The van der Waals surface area contributed by atoms with Crippen LogP contribution in [0, 0.1) is 0 Å². The highest BCUT2D eigenvalue weighted by atomic mass is 35.5. The maximum atomic E-state index is 12.3.